The van der Waals surface area contributed by atoms with Gasteiger partial charge in [-0.3, -0.25) is 4.79 Å². The smallest absolute Gasteiger partial charge is 0.328 e. The average molecular weight is 315 g/mol. The van der Waals surface area contributed by atoms with Crippen LogP contribution < -0.4 is 0 Å². The fourth-order valence-electron chi connectivity index (χ4n) is 2.59. The van der Waals surface area contributed by atoms with Crippen LogP contribution in [0.5, 0.6) is 0 Å². The number of β-amino-alcohol motifs (C(OH)–C–C–N with tert-alkyl or cyclic N) is 1. The zero-order chi connectivity index (χ0) is 15.7. The number of esters is 1. The van der Waals surface area contributed by atoms with Crippen molar-refractivity contribution in [2.45, 2.75) is 38.5 Å². The zero-order valence-corrected chi connectivity index (χ0v) is 13.0. The lowest BCUT2D eigenvalue weighted by Crippen LogP contribution is -2.42. The summed E-state index contributed by atoms with van der Waals surface area (Å²) in [5, 5.41) is 10.2. The van der Waals surface area contributed by atoms with Crippen molar-refractivity contribution in [3.63, 3.8) is 0 Å². The fraction of sp³-hybridized carbons (Fsp3) is 0.571. The molecule has 116 valence electrons. The summed E-state index contributed by atoms with van der Waals surface area (Å²) >= 11 is 5.98. The summed E-state index contributed by atoms with van der Waals surface area (Å²) in [6.45, 7) is 3.98. The van der Waals surface area contributed by atoms with Crippen molar-refractivity contribution in [2.75, 3.05) is 13.7 Å². The highest BCUT2D eigenvalue weighted by molar-refractivity contribution is 6.31. The van der Waals surface area contributed by atoms with Crippen LogP contribution in [0.3, 0.4) is 0 Å². The van der Waals surface area contributed by atoms with E-state index in [2.05, 4.69) is 0 Å². The lowest BCUT2D eigenvalue weighted by atomic mass is 10.2. The minimum absolute atomic E-state index is 0.0561. The van der Waals surface area contributed by atoms with Gasteiger partial charge in [0.05, 0.1) is 18.2 Å². The summed E-state index contributed by atoms with van der Waals surface area (Å²) in [6, 6.07) is 0.871. The Labute approximate surface area is 128 Å². The lowest BCUT2D eigenvalue weighted by molar-refractivity contribution is -0.145. The fourth-order valence-corrected chi connectivity index (χ4v) is 2.80. The Morgan fingerprint density at radius 3 is 2.71 bits per heavy atom. The largest absolute Gasteiger partial charge is 0.467 e. The van der Waals surface area contributed by atoms with Crippen molar-refractivity contribution in [1.29, 1.82) is 0 Å². The first kappa shape index (κ1) is 15.9. The van der Waals surface area contributed by atoms with E-state index in [-0.39, 0.29) is 24.9 Å². The number of rotatable bonds is 3. The molecule has 0 aliphatic carbocycles. The standard InChI is InChI=1S/C14H19ClN2O4/c1-8(2)16-6-9(15)4-11(16)13(19)17-7-10(18)5-12(17)14(20)21-3/h4,6,8,10,12,18H,5,7H2,1-3H3. The maximum absolute atomic E-state index is 12.7. The molecule has 0 saturated carbocycles. The molecular weight excluding hydrogens is 296 g/mol. The number of nitrogens with zero attached hydrogens (tertiary/aromatic N) is 2. The minimum atomic E-state index is -0.758. The zero-order valence-electron chi connectivity index (χ0n) is 12.2. The van der Waals surface area contributed by atoms with Gasteiger partial charge in [0.2, 0.25) is 0 Å². The number of ether oxygens (including phenoxy) is 1. The Balaban J connectivity index is 2.32. The highest BCUT2D eigenvalue weighted by atomic mass is 35.5. The molecule has 2 unspecified atom stereocenters. The van der Waals surface area contributed by atoms with E-state index in [0.717, 1.165) is 0 Å². The molecule has 0 radical (unpaired) electrons. The predicted molar refractivity (Wildman–Crippen MR) is 77.3 cm³/mol. The van der Waals surface area contributed by atoms with Crippen LogP contribution in [0.4, 0.5) is 0 Å². The van der Waals surface area contributed by atoms with Crippen molar-refractivity contribution in [3.05, 3.63) is 23.0 Å². The molecule has 0 aromatic carbocycles. The second-order valence-corrected chi connectivity index (χ2v) is 5.87. The van der Waals surface area contributed by atoms with Crippen LogP contribution in [0, 0.1) is 0 Å². The topological polar surface area (TPSA) is 71.8 Å². The molecule has 1 aliphatic rings. The maximum atomic E-state index is 12.7. The Kier molecular flexibility index (Phi) is 4.58. The van der Waals surface area contributed by atoms with Crippen LogP contribution in [0.1, 0.15) is 36.8 Å². The monoisotopic (exact) mass is 314 g/mol. The summed E-state index contributed by atoms with van der Waals surface area (Å²) in [5.74, 6) is -0.851. The number of methoxy groups -OCH3 is 1. The summed E-state index contributed by atoms with van der Waals surface area (Å²) in [7, 11) is 1.27. The molecule has 1 aromatic heterocycles. The maximum Gasteiger partial charge on any atom is 0.328 e. The molecule has 0 spiro atoms. The SMILES string of the molecule is COC(=O)C1CC(O)CN1C(=O)c1cc(Cl)cn1C(C)C. The number of hydrogen-bond donors (Lipinski definition) is 1. The van der Waals surface area contributed by atoms with Gasteiger partial charge in [-0.1, -0.05) is 11.6 Å². The highest BCUT2D eigenvalue weighted by Gasteiger charge is 2.40. The van der Waals surface area contributed by atoms with E-state index in [9.17, 15) is 14.7 Å². The van der Waals surface area contributed by atoms with Gasteiger partial charge >= 0.3 is 5.97 Å². The van der Waals surface area contributed by atoms with E-state index in [1.54, 1.807) is 16.8 Å². The van der Waals surface area contributed by atoms with E-state index in [1.165, 1.54) is 12.0 Å². The van der Waals surface area contributed by atoms with Gasteiger partial charge < -0.3 is 19.3 Å². The van der Waals surface area contributed by atoms with Gasteiger partial charge in [0.15, 0.2) is 0 Å². The molecule has 21 heavy (non-hydrogen) atoms. The quantitative estimate of drug-likeness (QED) is 0.858. The number of halogens is 1. The number of hydrogen-bond acceptors (Lipinski definition) is 4. The van der Waals surface area contributed by atoms with Gasteiger partial charge in [-0.05, 0) is 19.9 Å². The van der Waals surface area contributed by atoms with Crippen molar-refractivity contribution in [3.8, 4) is 0 Å². The summed E-state index contributed by atoms with van der Waals surface area (Å²) < 4.78 is 6.46. The van der Waals surface area contributed by atoms with Crippen LogP contribution in [-0.2, 0) is 9.53 Å². The van der Waals surface area contributed by atoms with Gasteiger partial charge in [-0.25, -0.2) is 4.79 Å². The Morgan fingerprint density at radius 2 is 2.14 bits per heavy atom. The second kappa shape index (κ2) is 6.07. The molecule has 1 N–H and O–H groups in total. The summed E-state index contributed by atoms with van der Waals surface area (Å²) in [4.78, 5) is 25.8. The highest BCUT2D eigenvalue weighted by Crippen LogP contribution is 2.25. The van der Waals surface area contributed by atoms with Gasteiger partial charge in [0.25, 0.3) is 5.91 Å². The number of likely N-dealkylation sites (tertiary alicyclic amines) is 1. The van der Waals surface area contributed by atoms with Crippen molar-refractivity contribution in [2.24, 2.45) is 0 Å². The van der Waals surface area contributed by atoms with Crippen molar-refractivity contribution >= 4 is 23.5 Å². The minimum Gasteiger partial charge on any atom is -0.467 e. The first-order valence-corrected chi connectivity index (χ1v) is 7.17. The summed E-state index contributed by atoms with van der Waals surface area (Å²) in [6.07, 6.45) is 1.14. The van der Waals surface area contributed by atoms with Crippen molar-refractivity contribution in [1.82, 2.24) is 9.47 Å². The molecule has 6 nitrogen and oxygen atoms in total. The number of carbonyl (C=O) groups excluding carboxylic acids is 2. The number of aromatic nitrogens is 1. The molecule has 1 saturated heterocycles. The number of amides is 1. The molecule has 2 heterocycles. The molecule has 1 amide bonds. The number of aliphatic hydroxyl groups excluding tert-OH is 1. The molecule has 2 atom stereocenters. The first-order chi connectivity index (χ1) is 9.85. The van der Waals surface area contributed by atoms with Crippen LogP contribution in [-0.4, -0.2) is 52.3 Å². The first-order valence-electron chi connectivity index (χ1n) is 6.79. The van der Waals surface area contributed by atoms with Crippen LogP contribution in [0.25, 0.3) is 0 Å². The molecule has 1 aromatic rings. The van der Waals surface area contributed by atoms with E-state index in [0.29, 0.717) is 10.7 Å². The molecule has 1 fully saturated rings. The van der Waals surface area contributed by atoms with Crippen LogP contribution >= 0.6 is 11.6 Å². The molecule has 2 rings (SSSR count). The number of aliphatic hydroxyl groups is 1. The second-order valence-electron chi connectivity index (χ2n) is 5.43. The normalized spacial score (nSPS) is 21.9. The molecular formula is C14H19ClN2O4. The molecule has 1 aliphatic heterocycles. The van der Waals surface area contributed by atoms with Gasteiger partial charge in [0.1, 0.15) is 11.7 Å². The summed E-state index contributed by atoms with van der Waals surface area (Å²) in [5.41, 5.74) is 0.401. The third kappa shape index (κ3) is 3.06. The van der Waals surface area contributed by atoms with Crippen molar-refractivity contribution < 1.29 is 19.4 Å². The Bertz CT molecular complexity index is 555. The predicted octanol–water partition coefficient (Wildman–Crippen LogP) is 1.47. The number of carbonyl (C=O) groups is 2. The van der Waals surface area contributed by atoms with E-state index in [1.807, 2.05) is 13.8 Å². The lowest BCUT2D eigenvalue weighted by Gasteiger charge is -2.23. The van der Waals surface area contributed by atoms with E-state index < -0.39 is 18.1 Å². The van der Waals surface area contributed by atoms with E-state index >= 15 is 0 Å². The molecule has 7 heteroatoms. The van der Waals surface area contributed by atoms with E-state index in [4.69, 9.17) is 16.3 Å². The third-order valence-corrected chi connectivity index (χ3v) is 3.81. The molecule has 0 bridgehead atoms. The van der Waals surface area contributed by atoms with Gasteiger partial charge in [-0.2, -0.15) is 0 Å². The van der Waals surface area contributed by atoms with Crippen LogP contribution in [0.15, 0.2) is 12.3 Å². The third-order valence-electron chi connectivity index (χ3n) is 3.60. The van der Waals surface area contributed by atoms with Crippen LogP contribution in [0.2, 0.25) is 5.02 Å². The van der Waals surface area contributed by atoms with Gasteiger partial charge in [0, 0.05) is 25.2 Å². The van der Waals surface area contributed by atoms with Gasteiger partial charge in [-0.15, -0.1) is 0 Å². The average Bonchev–Trinajstić information content (AvgIpc) is 3.00. The Morgan fingerprint density at radius 1 is 1.48 bits per heavy atom. The Hall–Kier alpha value is -1.53.